The van der Waals surface area contributed by atoms with Gasteiger partial charge in [0.2, 0.25) is 0 Å². The molecule has 3 aromatic rings. The van der Waals surface area contributed by atoms with Crippen LogP contribution in [0.4, 0.5) is 0 Å². The summed E-state index contributed by atoms with van der Waals surface area (Å²) in [5.74, 6) is 3.44. The molecular weight excluding hydrogens is 262 g/mol. The second-order valence-corrected chi connectivity index (χ2v) is 4.74. The maximum absolute atomic E-state index is 5.77. The van der Waals surface area contributed by atoms with Crippen LogP contribution in [0.25, 0.3) is 11.3 Å². The Morgan fingerprint density at radius 1 is 0.857 bits per heavy atom. The number of nitrogens with one attached hydrogen (secondary N) is 1. The predicted octanol–water partition coefficient (Wildman–Crippen LogP) is 4.46. The Bertz CT molecular complexity index is 687. The van der Waals surface area contributed by atoms with Crippen molar-refractivity contribution in [3.63, 3.8) is 0 Å². The summed E-state index contributed by atoms with van der Waals surface area (Å²) in [6.45, 7) is 0.731. The van der Waals surface area contributed by atoms with Crippen molar-refractivity contribution >= 4 is 0 Å². The molecule has 0 saturated heterocycles. The molecule has 0 saturated carbocycles. The molecule has 2 aromatic carbocycles. The highest BCUT2D eigenvalue weighted by Crippen LogP contribution is 2.26. The Labute approximate surface area is 124 Å². The van der Waals surface area contributed by atoms with E-state index in [4.69, 9.17) is 9.15 Å². The zero-order valence-corrected chi connectivity index (χ0v) is 11.9. The van der Waals surface area contributed by atoms with Crippen LogP contribution in [-0.2, 0) is 6.54 Å². The van der Waals surface area contributed by atoms with Gasteiger partial charge < -0.3 is 14.5 Å². The highest BCUT2D eigenvalue weighted by Gasteiger charge is 2.05. The van der Waals surface area contributed by atoms with Gasteiger partial charge >= 0.3 is 0 Å². The fraction of sp³-hybridized carbons (Fsp3) is 0.111. The molecule has 1 aromatic heterocycles. The minimum absolute atomic E-state index is 0.731. The monoisotopic (exact) mass is 279 g/mol. The van der Waals surface area contributed by atoms with Gasteiger partial charge in [0.05, 0.1) is 6.54 Å². The number of hydrogen-bond acceptors (Lipinski definition) is 3. The average molecular weight is 279 g/mol. The first kappa shape index (κ1) is 13.5. The van der Waals surface area contributed by atoms with Gasteiger partial charge in [-0.05, 0) is 55.6 Å². The van der Waals surface area contributed by atoms with E-state index in [1.807, 2.05) is 73.8 Å². The molecule has 0 aliphatic carbocycles. The summed E-state index contributed by atoms with van der Waals surface area (Å²) < 4.78 is 11.5. The molecule has 21 heavy (non-hydrogen) atoms. The summed E-state index contributed by atoms with van der Waals surface area (Å²) in [4.78, 5) is 0. The Hall–Kier alpha value is -2.52. The standard InChI is InChI=1S/C18H17NO2/c1-19-13-17-11-12-18(21-17)14-7-9-16(10-8-14)20-15-5-3-2-4-6-15/h2-12,19H,13H2,1H3. The van der Waals surface area contributed by atoms with Crippen molar-refractivity contribution in [3.05, 3.63) is 72.5 Å². The minimum atomic E-state index is 0.731. The molecule has 0 unspecified atom stereocenters. The van der Waals surface area contributed by atoms with Crippen LogP contribution in [-0.4, -0.2) is 7.05 Å². The molecule has 0 bridgehead atoms. The Morgan fingerprint density at radius 3 is 2.29 bits per heavy atom. The molecule has 3 heteroatoms. The number of benzene rings is 2. The van der Waals surface area contributed by atoms with E-state index in [-0.39, 0.29) is 0 Å². The second kappa shape index (κ2) is 6.29. The van der Waals surface area contributed by atoms with Gasteiger partial charge in [0, 0.05) is 5.56 Å². The molecule has 0 fully saturated rings. The lowest BCUT2D eigenvalue weighted by Crippen LogP contribution is -2.03. The quantitative estimate of drug-likeness (QED) is 0.749. The van der Waals surface area contributed by atoms with Crippen LogP contribution in [0.1, 0.15) is 5.76 Å². The first-order valence-electron chi connectivity index (χ1n) is 6.92. The third-order valence-corrected chi connectivity index (χ3v) is 3.13. The van der Waals surface area contributed by atoms with Crippen LogP contribution in [0.15, 0.2) is 71.1 Å². The van der Waals surface area contributed by atoms with Crippen LogP contribution in [0.3, 0.4) is 0 Å². The van der Waals surface area contributed by atoms with Gasteiger partial charge in [-0.1, -0.05) is 18.2 Å². The normalized spacial score (nSPS) is 10.5. The van der Waals surface area contributed by atoms with E-state index in [0.29, 0.717) is 0 Å². The zero-order chi connectivity index (χ0) is 14.5. The number of para-hydroxylation sites is 1. The molecule has 1 heterocycles. The number of ether oxygens (including phenoxy) is 1. The molecular formula is C18H17NO2. The highest BCUT2D eigenvalue weighted by molar-refractivity contribution is 5.58. The van der Waals surface area contributed by atoms with Crippen molar-refractivity contribution < 1.29 is 9.15 Å². The summed E-state index contributed by atoms with van der Waals surface area (Å²) in [7, 11) is 1.90. The van der Waals surface area contributed by atoms with Gasteiger partial charge in [0.15, 0.2) is 0 Å². The molecule has 0 radical (unpaired) electrons. The third kappa shape index (κ3) is 3.33. The van der Waals surface area contributed by atoms with Gasteiger partial charge in [0.1, 0.15) is 23.0 Å². The van der Waals surface area contributed by atoms with Crippen LogP contribution >= 0.6 is 0 Å². The predicted molar refractivity (Wildman–Crippen MR) is 83.4 cm³/mol. The molecule has 3 rings (SSSR count). The van der Waals surface area contributed by atoms with Crippen molar-refractivity contribution in [2.45, 2.75) is 6.54 Å². The van der Waals surface area contributed by atoms with E-state index in [9.17, 15) is 0 Å². The molecule has 0 aliphatic heterocycles. The highest BCUT2D eigenvalue weighted by atomic mass is 16.5. The first-order chi connectivity index (χ1) is 10.3. The SMILES string of the molecule is CNCc1ccc(-c2ccc(Oc3ccccc3)cc2)o1. The maximum atomic E-state index is 5.77. The summed E-state index contributed by atoms with van der Waals surface area (Å²) in [5, 5.41) is 3.07. The molecule has 0 aliphatic rings. The van der Waals surface area contributed by atoms with Gasteiger partial charge in [-0.15, -0.1) is 0 Å². The Kier molecular flexibility index (Phi) is 4.03. The van der Waals surface area contributed by atoms with E-state index < -0.39 is 0 Å². The summed E-state index contributed by atoms with van der Waals surface area (Å²) in [6, 6.07) is 21.6. The van der Waals surface area contributed by atoms with E-state index in [2.05, 4.69) is 5.32 Å². The molecule has 106 valence electrons. The lowest BCUT2D eigenvalue weighted by atomic mass is 10.2. The van der Waals surface area contributed by atoms with E-state index >= 15 is 0 Å². The second-order valence-electron chi connectivity index (χ2n) is 4.74. The molecule has 0 atom stereocenters. The molecule has 0 amide bonds. The van der Waals surface area contributed by atoms with Gasteiger partial charge in [-0.25, -0.2) is 0 Å². The zero-order valence-electron chi connectivity index (χ0n) is 11.9. The van der Waals surface area contributed by atoms with Crippen LogP contribution < -0.4 is 10.1 Å². The van der Waals surface area contributed by atoms with E-state index in [0.717, 1.165) is 35.1 Å². The van der Waals surface area contributed by atoms with Gasteiger partial charge in [-0.2, -0.15) is 0 Å². The lowest BCUT2D eigenvalue weighted by Gasteiger charge is -2.05. The van der Waals surface area contributed by atoms with E-state index in [1.165, 1.54) is 0 Å². The topological polar surface area (TPSA) is 34.4 Å². The summed E-state index contributed by atoms with van der Waals surface area (Å²) >= 11 is 0. The van der Waals surface area contributed by atoms with Crippen LogP contribution in [0, 0.1) is 0 Å². The van der Waals surface area contributed by atoms with Crippen LogP contribution in [0.5, 0.6) is 11.5 Å². The molecule has 1 N–H and O–H groups in total. The fourth-order valence-electron chi connectivity index (χ4n) is 2.11. The third-order valence-electron chi connectivity index (χ3n) is 3.13. The number of rotatable bonds is 5. The van der Waals surface area contributed by atoms with Crippen LogP contribution in [0.2, 0.25) is 0 Å². The van der Waals surface area contributed by atoms with Crippen molar-refractivity contribution in [3.8, 4) is 22.8 Å². The Balaban J connectivity index is 1.74. The van der Waals surface area contributed by atoms with Crippen molar-refractivity contribution in [1.82, 2.24) is 5.32 Å². The number of furan rings is 1. The molecule has 3 nitrogen and oxygen atoms in total. The Morgan fingerprint density at radius 2 is 1.57 bits per heavy atom. The smallest absolute Gasteiger partial charge is 0.134 e. The minimum Gasteiger partial charge on any atom is -0.460 e. The van der Waals surface area contributed by atoms with Crippen molar-refractivity contribution in [2.75, 3.05) is 7.05 Å². The van der Waals surface area contributed by atoms with Crippen molar-refractivity contribution in [2.24, 2.45) is 0 Å². The first-order valence-corrected chi connectivity index (χ1v) is 6.92. The maximum Gasteiger partial charge on any atom is 0.134 e. The number of hydrogen-bond donors (Lipinski definition) is 1. The summed E-state index contributed by atoms with van der Waals surface area (Å²) in [6.07, 6.45) is 0. The van der Waals surface area contributed by atoms with Gasteiger partial charge in [0.25, 0.3) is 0 Å². The van der Waals surface area contributed by atoms with Gasteiger partial charge in [-0.3, -0.25) is 0 Å². The lowest BCUT2D eigenvalue weighted by molar-refractivity contribution is 0.482. The average Bonchev–Trinajstić information content (AvgIpc) is 2.98. The molecule has 0 spiro atoms. The fourth-order valence-corrected chi connectivity index (χ4v) is 2.11. The largest absolute Gasteiger partial charge is 0.460 e. The van der Waals surface area contributed by atoms with E-state index in [1.54, 1.807) is 0 Å². The van der Waals surface area contributed by atoms with Crippen molar-refractivity contribution in [1.29, 1.82) is 0 Å². The summed E-state index contributed by atoms with van der Waals surface area (Å²) in [5.41, 5.74) is 1.04.